The van der Waals surface area contributed by atoms with Gasteiger partial charge in [0.2, 0.25) is 5.95 Å². The minimum Gasteiger partial charge on any atom is -0.334 e. The van der Waals surface area contributed by atoms with Gasteiger partial charge in [-0.05, 0) is 36.8 Å². The maximum atomic E-state index is 10.7. The molecule has 106 valence electrons. The van der Waals surface area contributed by atoms with Gasteiger partial charge < -0.3 is 4.90 Å². The molecule has 4 rings (SSSR count). The highest BCUT2D eigenvalue weighted by atomic mass is 16.1. The predicted molar refractivity (Wildman–Crippen MR) is 80.6 cm³/mol. The molecule has 0 saturated carbocycles. The number of hydrogen-bond donors (Lipinski definition) is 0. The Kier molecular flexibility index (Phi) is 2.77. The van der Waals surface area contributed by atoms with Crippen molar-refractivity contribution < 1.29 is 4.79 Å². The molecule has 0 bridgehead atoms. The summed E-state index contributed by atoms with van der Waals surface area (Å²) in [6.07, 6.45) is 8.51. The Bertz CT molecular complexity index is 656. The topological polar surface area (TPSA) is 46.1 Å². The smallest absolute Gasteiger partial charge is 0.225 e. The van der Waals surface area contributed by atoms with E-state index in [2.05, 4.69) is 39.1 Å². The van der Waals surface area contributed by atoms with Gasteiger partial charge in [0.1, 0.15) is 0 Å². The van der Waals surface area contributed by atoms with Gasteiger partial charge in [-0.2, -0.15) is 0 Å². The molecule has 0 amide bonds. The van der Waals surface area contributed by atoms with E-state index in [1.165, 1.54) is 24.0 Å². The number of anilines is 1. The van der Waals surface area contributed by atoms with Crippen LogP contribution in [-0.4, -0.2) is 28.3 Å². The van der Waals surface area contributed by atoms with Crippen molar-refractivity contribution in [3.8, 4) is 0 Å². The van der Waals surface area contributed by atoms with Gasteiger partial charge in [0, 0.05) is 18.9 Å². The van der Waals surface area contributed by atoms with Crippen LogP contribution in [0, 0.1) is 0 Å². The molecule has 1 aliphatic heterocycles. The number of hydrogen-bond acceptors (Lipinski definition) is 4. The zero-order valence-electron chi connectivity index (χ0n) is 11.8. The fourth-order valence-corrected chi connectivity index (χ4v) is 3.82. The van der Waals surface area contributed by atoms with Crippen molar-refractivity contribution >= 4 is 12.2 Å². The SMILES string of the molecule is O=Cc1cnc(N2CCCC23Cc2ccccc2C3)nc1. The van der Waals surface area contributed by atoms with Crippen LogP contribution < -0.4 is 4.90 Å². The second-order valence-corrected chi connectivity index (χ2v) is 6.04. The lowest BCUT2D eigenvalue weighted by atomic mass is 9.92. The summed E-state index contributed by atoms with van der Waals surface area (Å²) in [6, 6.07) is 8.70. The van der Waals surface area contributed by atoms with Gasteiger partial charge in [-0.1, -0.05) is 24.3 Å². The Hall–Kier alpha value is -2.23. The third kappa shape index (κ3) is 1.94. The molecular formula is C17H17N3O. The molecule has 1 aromatic carbocycles. The molecule has 1 spiro atoms. The lowest BCUT2D eigenvalue weighted by Crippen LogP contribution is -2.45. The molecule has 1 saturated heterocycles. The first-order valence-electron chi connectivity index (χ1n) is 7.42. The highest BCUT2D eigenvalue weighted by Gasteiger charge is 2.46. The molecule has 1 fully saturated rings. The molecule has 0 unspecified atom stereocenters. The minimum absolute atomic E-state index is 0.131. The molecular weight excluding hydrogens is 262 g/mol. The molecule has 0 N–H and O–H groups in total. The third-order valence-electron chi connectivity index (χ3n) is 4.79. The Morgan fingerprint density at radius 3 is 2.38 bits per heavy atom. The fourth-order valence-electron chi connectivity index (χ4n) is 3.82. The standard InChI is InChI=1S/C17H17N3O/c21-12-13-10-18-16(19-11-13)20-7-3-6-17(20)8-14-4-1-2-5-15(14)9-17/h1-2,4-5,10-12H,3,6-9H2. The summed E-state index contributed by atoms with van der Waals surface area (Å²) in [7, 11) is 0. The molecule has 4 nitrogen and oxygen atoms in total. The highest BCUT2D eigenvalue weighted by molar-refractivity contribution is 5.73. The van der Waals surface area contributed by atoms with Gasteiger partial charge in [-0.15, -0.1) is 0 Å². The number of nitrogens with zero attached hydrogens (tertiary/aromatic N) is 3. The number of benzene rings is 1. The van der Waals surface area contributed by atoms with E-state index in [-0.39, 0.29) is 5.54 Å². The Balaban J connectivity index is 1.68. The van der Waals surface area contributed by atoms with E-state index < -0.39 is 0 Å². The van der Waals surface area contributed by atoms with Crippen LogP contribution >= 0.6 is 0 Å². The summed E-state index contributed by atoms with van der Waals surface area (Å²) in [6.45, 7) is 0.994. The average Bonchev–Trinajstić information content (AvgIpc) is 3.10. The van der Waals surface area contributed by atoms with Crippen LogP contribution in [-0.2, 0) is 12.8 Å². The van der Waals surface area contributed by atoms with Crippen LogP contribution in [0.3, 0.4) is 0 Å². The quantitative estimate of drug-likeness (QED) is 0.792. The number of carbonyl (C=O) groups is 1. The molecule has 2 aliphatic rings. The van der Waals surface area contributed by atoms with Crippen molar-refractivity contribution in [2.75, 3.05) is 11.4 Å². The number of aldehydes is 1. The molecule has 0 atom stereocenters. The first kappa shape index (κ1) is 12.5. The average molecular weight is 279 g/mol. The lowest BCUT2D eigenvalue weighted by Gasteiger charge is -2.35. The third-order valence-corrected chi connectivity index (χ3v) is 4.79. The van der Waals surface area contributed by atoms with Gasteiger partial charge >= 0.3 is 0 Å². The van der Waals surface area contributed by atoms with E-state index in [4.69, 9.17) is 0 Å². The Labute approximate surface area is 123 Å². The van der Waals surface area contributed by atoms with Gasteiger partial charge in [-0.3, -0.25) is 4.79 Å². The fraction of sp³-hybridized carbons (Fsp3) is 0.353. The van der Waals surface area contributed by atoms with Gasteiger partial charge in [0.15, 0.2) is 6.29 Å². The maximum absolute atomic E-state index is 10.7. The van der Waals surface area contributed by atoms with E-state index in [1.54, 1.807) is 12.4 Å². The van der Waals surface area contributed by atoms with Crippen molar-refractivity contribution in [2.45, 2.75) is 31.2 Å². The zero-order valence-corrected chi connectivity index (χ0v) is 11.8. The second kappa shape index (κ2) is 4.65. The van der Waals surface area contributed by atoms with E-state index in [0.717, 1.165) is 31.6 Å². The maximum Gasteiger partial charge on any atom is 0.225 e. The molecule has 21 heavy (non-hydrogen) atoms. The van der Waals surface area contributed by atoms with E-state index >= 15 is 0 Å². The van der Waals surface area contributed by atoms with Crippen molar-refractivity contribution in [3.63, 3.8) is 0 Å². The number of aromatic nitrogens is 2. The largest absolute Gasteiger partial charge is 0.334 e. The molecule has 0 radical (unpaired) electrons. The first-order valence-corrected chi connectivity index (χ1v) is 7.42. The molecule has 4 heteroatoms. The number of rotatable bonds is 2. The molecule has 2 aromatic rings. The molecule has 2 heterocycles. The van der Waals surface area contributed by atoms with Crippen LogP contribution in [0.15, 0.2) is 36.7 Å². The van der Waals surface area contributed by atoms with E-state index in [1.807, 2.05) is 0 Å². The number of carbonyl (C=O) groups excluding carboxylic acids is 1. The van der Waals surface area contributed by atoms with Crippen molar-refractivity contribution in [1.82, 2.24) is 9.97 Å². The predicted octanol–water partition coefficient (Wildman–Crippen LogP) is 2.43. The van der Waals surface area contributed by atoms with E-state index in [0.29, 0.717) is 5.56 Å². The van der Waals surface area contributed by atoms with Crippen LogP contribution in [0.25, 0.3) is 0 Å². The summed E-state index contributed by atoms with van der Waals surface area (Å²) >= 11 is 0. The van der Waals surface area contributed by atoms with Crippen molar-refractivity contribution in [1.29, 1.82) is 0 Å². The molecule has 1 aromatic heterocycles. The summed E-state index contributed by atoms with van der Waals surface area (Å²) < 4.78 is 0. The van der Waals surface area contributed by atoms with Crippen LogP contribution in [0.1, 0.15) is 34.3 Å². The van der Waals surface area contributed by atoms with E-state index in [9.17, 15) is 4.79 Å². The first-order chi connectivity index (χ1) is 10.3. The summed E-state index contributed by atoms with van der Waals surface area (Å²) in [4.78, 5) is 21.9. The minimum atomic E-state index is 0.131. The van der Waals surface area contributed by atoms with Gasteiger partial charge in [0.05, 0.1) is 11.1 Å². The monoisotopic (exact) mass is 279 g/mol. The second-order valence-electron chi connectivity index (χ2n) is 6.04. The number of fused-ring (bicyclic) bond motifs is 1. The lowest BCUT2D eigenvalue weighted by molar-refractivity contribution is 0.112. The Morgan fingerprint density at radius 1 is 1.10 bits per heavy atom. The summed E-state index contributed by atoms with van der Waals surface area (Å²) in [5, 5.41) is 0. The zero-order chi connectivity index (χ0) is 14.3. The molecule has 1 aliphatic carbocycles. The van der Waals surface area contributed by atoms with Gasteiger partial charge in [0.25, 0.3) is 0 Å². The Morgan fingerprint density at radius 2 is 1.76 bits per heavy atom. The van der Waals surface area contributed by atoms with Crippen molar-refractivity contribution in [3.05, 3.63) is 53.3 Å². The normalized spacial score (nSPS) is 19.0. The van der Waals surface area contributed by atoms with Crippen molar-refractivity contribution in [2.24, 2.45) is 0 Å². The summed E-state index contributed by atoms with van der Waals surface area (Å²) in [5.41, 5.74) is 3.57. The van der Waals surface area contributed by atoms with Crippen LogP contribution in [0.4, 0.5) is 5.95 Å². The van der Waals surface area contributed by atoms with Crippen LogP contribution in [0.2, 0.25) is 0 Å². The van der Waals surface area contributed by atoms with Crippen LogP contribution in [0.5, 0.6) is 0 Å². The summed E-state index contributed by atoms with van der Waals surface area (Å²) in [5.74, 6) is 0.755. The highest BCUT2D eigenvalue weighted by Crippen LogP contribution is 2.42. The van der Waals surface area contributed by atoms with Gasteiger partial charge in [-0.25, -0.2) is 9.97 Å².